The molecule has 0 saturated heterocycles. The van der Waals surface area contributed by atoms with Crippen molar-refractivity contribution < 1.29 is 52.5 Å². The number of unbranched alkanes of at least 4 members (excludes halogenated alkanes) is 3. The van der Waals surface area contributed by atoms with Crippen LogP contribution in [0.3, 0.4) is 0 Å². The van der Waals surface area contributed by atoms with Gasteiger partial charge < -0.3 is 40.4 Å². The summed E-state index contributed by atoms with van der Waals surface area (Å²) in [5, 5.41) is 21.1. The molecule has 18 nitrogen and oxygen atoms in total. The molecule has 3 aromatic rings. The maximum absolute atomic E-state index is 14.5. The monoisotopic (exact) mass is 863 g/mol. The lowest BCUT2D eigenvalue weighted by atomic mass is 9.94. The third-order valence-electron chi connectivity index (χ3n) is 10.0. The van der Waals surface area contributed by atoms with Crippen molar-refractivity contribution in [3.8, 4) is 11.4 Å². The molecule has 19 heteroatoms. The van der Waals surface area contributed by atoms with Gasteiger partial charge in [0.15, 0.2) is 6.10 Å². The number of cyclic esters (lactones) is 1. The summed E-state index contributed by atoms with van der Waals surface area (Å²) >= 11 is 0. The molecule has 0 radical (unpaired) electrons. The van der Waals surface area contributed by atoms with Gasteiger partial charge in [-0.2, -0.15) is 0 Å². The van der Waals surface area contributed by atoms with E-state index < -0.39 is 17.9 Å². The number of hydrogen-bond acceptors (Lipinski definition) is 12. The molecule has 0 bridgehead atoms. The van der Waals surface area contributed by atoms with E-state index in [9.17, 15) is 47.9 Å². The summed E-state index contributed by atoms with van der Waals surface area (Å²) in [7, 11) is 0. The Morgan fingerprint density at radius 3 is 2.37 bits per heavy atom. The number of halogens is 1. The molecule has 3 aliphatic rings. The summed E-state index contributed by atoms with van der Waals surface area (Å²) in [6.45, 7) is 8.75. The van der Waals surface area contributed by atoms with Gasteiger partial charge in [0.2, 0.25) is 24.1 Å². The predicted molar refractivity (Wildman–Crippen MR) is 223 cm³/mol. The first-order valence-electron chi connectivity index (χ1n) is 20.7. The van der Waals surface area contributed by atoms with Gasteiger partial charge in [0, 0.05) is 60.8 Å². The molecule has 1 aromatic carbocycles. The van der Waals surface area contributed by atoms with Crippen molar-refractivity contribution in [2.24, 2.45) is 0 Å². The lowest BCUT2D eigenvalue weighted by Crippen LogP contribution is -2.36. The number of carbonyl (C=O) groups excluding carboxylic acids is 7. The Labute approximate surface area is 357 Å². The first-order chi connectivity index (χ1) is 29.8. The second-order valence-electron chi connectivity index (χ2n) is 14.2. The van der Waals surface area contributed by atoms with Gasteiger partial charge in [-0.25, -0.2) is 14.2 Å². The number of nitrogens with zero attached hydrogens (tertiary/aromatic N) is 3. The topological polar surface area (TPSA) is 244 Å². The number of fused-ring (bicyclic) bond motifs is 5. The van der Waals surface area contributed by atoms with Gasteiger partial charge in [-0.1, -0.05) is 20.3 Å². The second-order valence-corrected chi connectivity index (χ2v) is 14.2. The molecule has 3 aliphatic heterocycles. The molecule has 62 heavy (non-hydrogen) atoms. The van der Waals surface area contributed by atoms with Crippen LogP contribution in [0, 0.1) is 12.7 Å². The third-order valence-corrected chi connectivity index (χ3v) is 10.0. The summed E-state index contributed by atoms with van der Waals surface area (Å²) in [4.78, 5) is 98.0. The minimum Gasteiger partial charge on any atom is -0.458 e. The van der Waals surface area contributed by atoms with Crippen LogP contribution in [0.25, 0.3) is 22.3 Å². The Kier molecular flexibility index (Phi) is 18.4. The summed E-state index contributed by atoms with van der Waals surface area (Å²) in [6, 6.07) is 4.75. The fourth-order valence-electron chi connectivity index (χ4n) is 6.94. The van der Waals surface area contributed by atoms with E-state index in [1.54, 1.807) is 23.6 Å². The molecule has 6 amide bonds. The Balaban J connectivity index is 0.000000312. The molecular formula is C43H54FN7O11. The van der Waals surface area contributed by atoms with E-state index in [4.69, 9.17) is 14.5 Å². The number of hydrogen-bond donors (Lipinski definition) is 5. The minimum absolute atomic E-state index is 0.00484. The van der Waals surface area contributed by atoms with Crippen molar-refractivity contribution in [1.82, 2.24) is 35.7 Å². The van der Waals surface area contributed by atoms with E-state index in [0.717, 1.165) is 22.9 Å². The number of rotatable bonds is 19. The first-order valence-corrected chi connectivity index (χ1v) is 20.7. The van der Waals surface area contributed by atoms with Gasteiger partial charge in [-0.15, -0.1) is 0 Å². The highest BCUT2D eigenvalue weighted by Gasteiger charge is 2.35. The van der Waals surface area contributed by atoms with Crippen LogP contribution in [0.5, 0.6) is 0 Å². The zero-order valence-corrected chi connectivity index (χ0v) is 35.4. The highest BCUT2D eigenvalue weighted by atomic mass is 19.1. The average Bonchev–Trinajstić information content (AvgIpc) is 3.79. The Hall–Kier alpha value is -6.34. The Bertz CT molecular complexity index is 2240. The van der Waals surface area contributed by atoms with Gasteiger partial charge >= 0.3 is 5.97 Å². The number of ether oxygens (including phenoxy) is 2. The standard InChI is InChI=1S/C27H27FN4O7.C14H21N3O4.C2H6/c1-14-6-16-15(4-2-3-5-38-13-30-23(34)9-29-12-33)18-10-32-22(24(18)31-21(16)8-20(14)28)7-17-19(26(32)36)11-39-27(37)25(17)35;1-2-15-12(19)10-16-11(18)6-4-3-5-9-17-13(20)7-8-14(17)21;1-2/h6-8,12,25,35H,2-5,9-11,13H2,1H3,(H,29,33)(H,30,34);7-8H,2-6,9-10H2,1H3,(H,15,19)(H,16,18);1-2H3. The Morgan fingerprint density at radius 2 is 1.66 bits per heavy atom. The van der Waals surface area contributed by atoms with Crippen molar-refractivity contribution in [2.75, 3.05) is 39.5 Å². The second kappa shape index (κ2) is 23.6. The van der Waals surface area contributed by atoms with Crippen LogP contribution in [0.4, 0.5) is 4.39 Å². The van der Waals surface area contributed by atoms with E-state index in [2.05, 4.69) is 21.3 Å². The largest absolute Gasteiger partial charge is 0.458 e. The van der Waals surface area contributed by atoms with E-state index in [0.29, 0.717) is 87.1 Å². The smallest absolute Gasteiger partial charge is 0.340 e. The molecule has 1 atom stereocenters. The quantitative estimate of drug-likeness (QED) is 0.0298. The van der Waals surface area contributed by atoms with E-state index in [-0.39, 0.29) is 79.2 Å². The number of aliphatic hydroxyl groups excluding tert-OH is 1. The number of amides is 6. The van der Waals surface area contributed by atoms with Gasteiger partial charge in [0.1, 0.15) is 19.2 Å². The molecule has 0 saturated carbocycles. The lowest BCUT2D eigenvalue weighted by molar-refractivity contribution is -0.157. The fraction of sp³-hybridized carbons (Fsp3) is 0.465. The van der Waals surface area contributed by atoms with Gasteiger partial charge in [-0.05, 0) is 69.2 Å². The molecule has 5 heterocycles. The van der Waals surface area contributed by atoms with Gasteiger partial charge in [-0.3, -0.25) is 38.5 Å². The molecule has 6 rings (SSSR count). The summed E-state index contributed by atoms with van der Waals surface area (Å²) in [5.41, 5.74) is 3.79. The number of aryl methyl sites for hydroxylation is 2. The molecular weight excluding hydrogens is 810 g/mol. The maximum atomic E-state index is 14.5. The highest BCUT2D eigenvalue weighted by Crippen LogP contribution is 2.39. The predicted octanol–water partition coefficient (Wildman–Crippen LogP) is 1.87. The van der Waals surface area contributed by atoms with Crippen molar-refractivity contribution in [3.05, 3.63) is 74.3 Å². The zero-order valence-electron chi connectivity index (χ0n) is 35.4. The lowest BCUT2D eigenvalue weighted by Gasteiger charge is -2.21. The zero-order chi connectivity index (χ0) is 45.3. The first kappa shape index (κ1) is 48.3. The highest BCUT2D eigenvalue weighted by molar-refractivity contribution is 6.12. The third kappa shape index (κ3) is 12.4. The maximum Gasteiger partial charge on any atom is 0.340 e. The van der Waals surface area contributed by atoms with Crippen molar-refractivity contribution >= 4 is 52.8 Å². The molecule has 5 N–H and O–H groups in total. The van der Waals surface area contributed by atoms with Crippen LogP contribution in [0.1, 0.15) is 93.2 Å². The number of esters is 1. The average molecular weight is 864 g/mol. The molecule has 0 fully saturated rings. The number of imide groups is 1. The number of benzene rings is 1. The summed E-state index contributed by atoms with van der Waals surface area (Å²) in [6.07, 6.45) is 5.81. The number of pyridine rings is 2. The van der Waals surface area contributed by atoms with Crippen LogP contribution in [0.2, 0.25) is 0 Å². The molecule has 0 aliphatic carbocycles. The van der Waals surface area contributed by atoms with Crippen LogP contribution in [-0.2, 0) is 62.6 Å². The fourth-order valence-corrected chi connectivity index (χ4v) is 6.94. The Morgan fingerprint density at radius 1 is 0.935 bits per heavy atom. The van der Waals surface area contributed by atoms with E-state index >= 15 is 0 Å². The molecule has 0 spiro atoms. The molecule has 1 unspecified atom stereocenters. The number of nitrogens with one attached hydrogen (secondary N) is 4. The number of aromatic nitrogens is 2. The van der Waals surface area contributed by atoms with Crippen LogP contribution in [0.15, 0.2) is 35.1 Å². The summed E-state index contributed by atoms with van der Waals surface area (Å²) in [5.74, 6) is -2.49. The van der Waals surface area contributed by atoms with Crippen molar-refractivity contribution in [2.45, 2.75) is 91.9 Å². The normalized spacial score (nSPS) is 14.4. The van der Waals surface area contributed by atoms with Gasteiger partial charge in [0.05, 0.1) is 42.1 Å². The number of aliphatic hydroxyl groups is 1. The van der Waals surface area contributed by atoms with Crippen LogP contribution >= 0.6 is 0 Å². The van der Waals surface area contributed by atoms with E-state index in [1.807, 2.05) is 20.8 Å². The number of carbonyl (C=O) groups is 7. The molecule has 2 aromatic heterocycles. The van der Waals surface area contributed by atoms with Gasteiger partial charge in [0.25, 0.3) is 17.4 Å². The van der Waals surface area contributed by atoms with Crippen molar-refractivity contribution in [3.63, 3.8) is 0 Å². The van der Waals surface area contributed by atoms with Crippen molar-refractivity contribution in [1.29, 1.82) is 0 Å². The van der Waals surface area contributed by atoms with E-state index in [1.165, 1.54) is 23.1 Å². The minimum atomic E-state index is -1.55. The summed E-state index contributed by atoms with van der Waals surface area (Å²) < 4.78 is 26.5. The van der Waals surface area contributed by atoms with Crippen LogP contribution in [-0.4, -0.2) is 101 Å². The SMILES string of the molecule is CC.CCNC(=O)CNC(=O)CCCCCN1C(=O)C=CC1=O.Cc1cc2c(CCCCOCNC(=O)CNC=O)c3c(nc2cc1F)-c1cc2c(c(=O)n1C3)COC(=O)C2O. The number of likely N-dealkylation sites (N-methyl/N-ethyl adjacent to an activating group) is 1. The molecule has 334 valence electrons. The van der Waals surface area contributed by atoms with Crippen LogP contribution < -0.4 is 26.8 Å².